The van der Waals surface area contributed by atoms with Gasteiger partial charge in [0.2, 0.25) is 5.95 Å². The molecular weight excluding hydrogens is 214 g/mol. The van der Waals surface area contributed by atoms with Gasteiger partial charge in [0.1, 0.15) is 0 Å². The van der Waals surface area contributed by atoms with E-state index in [-0.39, 0.29) is 0 Å². The molecule has 0 amide bonds. The van der Waals surface area contributed by atoms with Crippen molar-refractivity contribution in [2.45, 2.75) is 50.9 Å². The zero-order valence-corrected chi connectivity index (χ0v) is 10.2. The predicted molar refractivity (Wildman–Crippen MR) is 66.6 cm³/mol. The molecule has 0 saturated heterocycles. The molecule has 1 heterocycles. The maximum Gasteiger partial charge on any atom is 0.240 e. The van der Waals surface area contributed by atoms with Crippen LogP contribution < -0.4 is 11.6 Å². The molecule has 94 valence electrons. The van der Waals surface area contributed by atoms with Crippen LogP contribution in [0.3, 0.4) is 0 Å². The van der Waals surface area contributed by atoms with Crippen LogP contribution in [0.1, 0.15) is 56.7 Å². The van der Waals surface area contributed by atoms with Gasteiger partial charge >= 0.3 is 0 Å². The highest BCUT2D eigenvalue weighted by atomic mass is 15.4. The SMILES string of the molecule is Nc1nnc(C2CCC3CCCCC3C2)n1N. The Labute approximate surface area is 102 Å². The average Bonchev–Trinajstić information content (AvgIpc) is 2.70. The summed E-state index contributed by atoms with van der Waals surface area (Å²) in [5.74, 6) is 9.36. The molecular formula is C12H21N5. The van der Waals surface area contributed by atoms with E-state index in [0.717, 1.165) is 17.7 Å². The van der Waals surface area contributed by atoms with Crippen molar-refractivity contribution in [3.05, 3.63) is 5.82 Å². The fraction of sp³-hybridized carbons (Fsp3) is 0.833. The van der Waals surface area contributed by atoms with Crippen LogP contribution in [-0.4, -0.2) is 14.9 Å². The van der Waals surface area contributed by atoms with Gasteiger partial charge in [-0.1, -0.05) is 25.7 Å². The van der Waals surface area contributed by atoms with E-state index in [1.807, 2.05) is 0 Å². The molecule has 0 aliphatic heterocycles. The van der Waals surface area contributed by atoms with Crippen molar-refractivity contribution in [3.8, 4) is 0 Å². The number of hydrogen-bond donors (Lipinski definition) is 2. The van der Waals surface area contributed by atoms with Crippen molar-refractivity contribution in [2.75, 3.05) is 11.6 Å². The molecule has 1 aromatic heterocycles. The van der Waals surface area contributed by atoms with Crippen LogP contribution in [0, 0.1) is 11.8 Å². The Bertz CT molecular complexity index is 400. The lowest BCUT2D eigenvalue weighted by Gasteiger charge is -2.38. The quantitative estimate of drug-likeness (QED) is 0.725. The van der Waals surface area contributed by atoms with Crippen molar-refractivity contribution >= 4 is 5.95 Å². The second-order valence-corrected chi connectivity index (χ2v) is 5.60. The fourth-order valence-corrected chi connectivity index (χ4v) is 3.70. The molecule has 0 spiro atoms. The molecule has 3 rings (SSSR count). The minimum absolute atomic E-state index is 0.325. The van der Waals surface area contributed by atoms with Crippen molar-refractivity contribution in [2.24, 2.45) is 11.8 Å². The smallest absolute Gasteiger partial charge is 0.240 e. The maximum absolute atomic E-state index is 5.87. The van der Waals surface area contributed by atoms with E-state index in [1.165, 1.54) is 49.6 Å². The summed E-state index contributed by atoms with van der Waals surface area (Å²) in [6, 6.07) is 0. The van der Waals surface area contributed by atoms with Crippen molar-refractivity contribution in [1.82, 2.24) is 14.9 Å². The van der Waals surface area contributed by atoms with Gasteiger partial charge in [-0.2, -0.15) is 0 Å². The monoisotopic (exact) mass is 235 g/mol. The number of rotatable bonds is 1. The molecule has 0 aromatic carbocycles. The zero-order chi connectivity index (χ0) is 11.8. The molecule has 2 fully saturated rings. The predicted octanol–water partition coefficient (Wildman–Crippen LogP) is 1.65. The Kier molecular flexibility index (Phi) is 2.68. The summed E-state index contributed by atoms with van der Waals surface area (Å²) in [5.41, 5.74) is 5.64. The van der Waals surface area contributed by atoms with Crippen LogP contribution in [-0.2, 0) is 0 Å². The molecule has 3 atom stereocenters. The fourth-order valence-electron chi connectivity index (χ4n) is 3.70. The number of nitrogen functional groups attached to an aromatic ring is 2. The molecule has 2 saturated carbocycles. The normalized spacial score (nSPS) is 33.3. The van der Waals surface area contributed by atoms with Gasteiger partial charge in [-0.3, -0.25) is 0 Å². The molecule has 2 aliphatic carbocycles. The van der Waals surface area contributed by atoms with Crippen molar-refractivity contribution < 1.29 is 0 Å². The Morgan fingerprint density at radius 1 is 1.00 bits per heavy atom. The summed E-state index contributed by atoms with van der Waals surface area (Å²) in [4.78, 5) is 0. The van der Waals surface area contributed by atoms with E-state index in [2.05, 4.69) is 10.2 Å². The van der Waals surface area contributed by atoms with Crippen LogP contribution in [0.4, 0.5) is 5.95 Å². The minimum atomic E-state index is 0.325. The third kappa shape index (κ3) is 1.87. The zero-order valence-electron chi connectivity index (χ0n) is 10.2. The molecule has 5 heteroatoms. The van der Waals surface area contributed by atoms with Crippen LogP contribution >= 0.6 is 0 Å². The largest absolute Gasteiger partial charge is 0.366 e. The maximum atomic E-state index is 5.87. The highest BCUT2D eigenvalue weighted by Gasteiger charge is 2.34. The lowest BCUT2D eigenvalue weighted by molar-refractivity contribution is 0.152. The second-order valence-electron chi connectivity index (χ2n) is 5.60. The first-order valence-corrected chi connectivity index (χ1v) is 6.71. The van der Waals surface area contributed by atoms with Gasteiger partial charge in [0.25, 0.3) is 0 Å². The Morgan fingerprint density at radius 3 is 2.47 bits per heavy atom. The second kappa shape index (κ2) is 4.20. The van der Waals surface area contributed by atoms with E-state index in [4.69, 9.17) is 11.6 Å². The lowest BCUT2D eigenvalue weighted by atomic mass is 9.67. The number of hydrogen-bond acceptors (Lipinski definition) is 4. The first-order chi connectivity index (χ1) is 8.25. The van der Waals surface area contributed by atoms with Crippen LogP contribution in [0.5, 0.6) is 0 Å². The van der Waals surface area contributed by atoms with Crippen molar-refractivity contribution in [1.29, 1.82) is 0 Å². The topological polar surface area (TPSA) is 82.8 Å². The van der Waals surface area contributed by atoms with Crippen LogP contribution in [0.2, 0.25) is 0 Å². The summed E-state index contributed by atoms with van der Waals surface area (Å²) in [5, 5.41) is 8.00. The molecule has 1 aromatic rings. The Balaban J connectivity index is 1.75. The van der Waals surface area contributed by atoms with E-state index in [9.17, 15) is 0 Å². The summed E-state index contributed by atoms with van der Waals surface area (Å²) in [6.07, 6.45) is 9.36. The number of aromatic nitrogens is 3. The molecule has 4 N–H and O–H groups in total. The first-order valence-electron chi connectivity index (χ1n) is 6.71. The standard InChI is InChI=1S/C12H21N5/c13-12-16-15-11(17(12)14)10-6-5-8-3-1-2-4-9(8)7-10/h8-10H,1-7,14H2,(H2,13,16). The summed E-state index contributed by atoms with van der Waals surface area (Å²) in [6.45, 7) is 0. The van der Waals surface area contributed by atoms with Gasteiger partial charge in [-0.05, 0) is 31.1 Å². The lowest BCUT2D eigenvalue weighted by Crippen LogP contribution is -2.29. The van der Waals surface area contributed by atoms with E-state index in [1.54, 1.807) is 0 Å². The Morgan fingerprint density at radius 2 is 1.76 bits per heavy atom. The van der Waals surface area contributed by atoms with E-state index < -0.39 is 0 Å². The first kappa shape index (κ1) is 10.9. The molecule has 0 bridgehead atoms. The number of nitrogens with zero attached hydrogens (tertiary/aromatic N) is 3. The van der Waals surface area contributed by atoms with Gasteiger partial charge < -0.3 is 11.6 Å². The summed E-state index contributed by atoms with van der Waals surface area (Å²) < 4.78 is 1.47. The number of anilines is 1. The number of fused-ring (bicyclic) bond motifs is 1. The summed E-state index contributed by atoms with van der Waals surface area (Å²) >= 11 is 0. The van der Waals surface area contributed by atoms with Gasteiger partial charge in [0, 0.05) is 5.92 Å². The third-order valence-electron chi connectivity index (χ3n) is 4.65. The highest BCUT2D eigenvalue weighted by Crippen LogP contribution is 2.45. The van der Waals surface area contributed by atoms with Gasteiger partial charge in [0.05, 0.1) is 0 Å². The molecule has 5 nitrogen and oxygen atoms in total. The molecule has 3 unspecified atom stereocenters. The molecule has 17 heavy (non-hydrogen) atoms. The van der Waals surface area contributed by atoms with E-state index in [0.29, 0.717) is 11.9 Å². The molecule has 0 radical (unpaired) electrons. The highest BCUT2D eigenvalue weighted by molar-refractivity contribution is 5.19. The Hall–Kier alpha value is -1.26. The van der Waals surface area contributed by atoms with Crippen molar-refractivity contribution in [3.63, 3.8) is 0 Å². The van der Waals surface area contributed by atoms with Crippen LogP contribution in [0.25, 0.3) is 0 Å². The molecule has 2 aliphatic rings. The van der Waals surface area contributed by atoms with Gasteiger partial charge in [-0.25, -0.2) is 4.68 Å². The minimum Gasteiger partial charge on any atom is -0.366 e. The average molecular weight is 235 g/mol. The van der Waals surface area contributed by atoms with E-state index >= 15 is 0 Å². The van der Waals surface area contributed by atoms with Gasteiger partial charge in [0.15, 0.2) is 5.82 Å². The summed E-state index contributed by atoms with van der Waals surface area (Å²) in [7, 11) is 0. The third-order valence-corrected chi connectivity index (χ3v) is 4.65. The van der Waals surface area contributed by atoms with Gasteiger partial charge in [-0.15, -0.1) is 10.2 Å². The number of nitrogens with two attached hydrogens (primary N) is 2. The van der Waals surface area contributed by atoms with Crippen LogP contribution in [0.15, 0.2) is 0 Å².